The van der Waals surface area contributed by atoms with Gasteiger partial charge in [-0.2, -0.15) is 4.98 Å². The predicted molar refractivity (Wildman–Crippen MR) is 123 cm³/mol. The normalized spacial score (nSPS) is 15.1. The minimum absolute atomic E-state index is 0.0395. The highest BCUT2D eigenvalue weighted by Gasteiger charge is 2.35. The van der Waals surface area contributed by atoms with Gasteiger partial charge in [-0.05, 0) is 39.2 Å². The van der Waals surface area contributed by atoms with Gasteiger partial charge in [-0.3, -0.25) is 9.69 Å². The van der Waals surface area contributed by atoms with E-state index in [1.165, 1.54) is 0 Å². The van der Waals surface area contributed by atoms with Gasteiger partial charge in [0.05, 0.1) is 5.92 Å². The van der Waals surface area contributed by atoms with Crippen molar-refractivity contribution in [1.29, 1.82) is 0 Å². The Hall–Kier alpha value is -3.00. The van der Waals surface area contributed by atoms with Crippen LogP contribution in [0.4, 0.5) is 0 Å². The first-order valence-electron chi connectivity index (χ1n) is 11.4. The summed E-state index contributed by atoms with van der Waals surface area (Å²) in [6.07, 6.45) is 0.816. The molecule has 3 aromatic rings. The highest BCUT2D eigenvalue weighted by molar-refractivity contribution is 5.74. The first-order chi connectivity index (χ1) is 15.6. The predicted octanol–water partition coefficient (Wildman–Crippen LogP) is 4.67. The molecule has 0 saturated carbocycles. The van der Waals surface area contributed by atoms with Gasteiger partial charge < -0.3 is 13.8 Å². The molecule has 0 bridgehead atoms. The Bertz CT molecular complexity index is 1100. The van der Waals surface area contributed by atoms with Crippen LogP contribution in [0.1, 0.15) is 51.5 Å². The number of rotatable bonds is 7. The SMILES string of the molecule is Cc1c(-c2nc(-c3ccc(CN4CC(C(=O)OC(C)(C)C)C4)cc3)no2)noc1CC(C)C. The molecule has 0 unspecified atom stereocenters. The van der Waals surface area contributed by atoms with Crippen molar-refractivity contribution in [2.24, 2.45) is 11.8 Å². The summed E-state index contributed by atoms with van der Waals surface area (Å²) in [5.41, 5.74) is 3.13. The molecular formula is C25H32N4O4. The molecule has 4 rings (SSSR count). The Labute approximate surface area is 194 Å². The van der Waals surface area contributed by atoms with Crippen LogP contribution in [0.2, 0.25) is 0 Å². The van der Waals surface area contributed by atoms with Crippen molar-refractivity contribution < 1.29 is 18.6 Å². The zero-order valence-corrected chi connectivity index (χ0v) is 20.2. The van der Waals surface area contributed by atoms with Gasteiger partial charge in [-0.1, -0.05) is 48.4 Å². The number of likely N-dealkylation sites (tertiary alicyclic amines) is 1. The van der Waals surface area contributed by atoms with Gasteiger partial charge in [0.2, 0.25) is 5.82 Å². The minimum Gasteiger partial charge on any atom is -0.460 e. The number of benzene rings is 1. The summed E-state index contributed by atoms with van der Waals surface area (Å²) in [6.45, 7) is 14.2. The standard InChI is InChI=1S/C25H32N4O4/c1-15(2)11-20-16(3)21(27-32-20)23-26-22(28-33-23)18-9-7-17(8-10-18)12-29-13-19(14-29)24(30)31-25(4,5)6/h7-10,15,19H,11-14H2,1-6H3. The monoisotopic (exact) mass is 452 g/mol. The Balaban J connectivity index is 1.35. The van der Waals surface area contributed by atoms with Gasteiger partial charge in [0.1, 0.15) is 11.4 Å². The Morgan fingerprint density at radius 3 is 2.48 bits per heavy atom. The van der Waals surface area contributed by atoms with Crippen molar-refractivity contribution in [3.05, 3.63) is 41.2 Å². The number of carbonyl (C=O) groups is 1. The number of ether oxygens (including phenoxy) is 1. The molecule has 2 aromatic heterocycles. The van der Waals surface area contributed by atoms with E-state index in [0.29, 0.717) is 23.3 Å². The largest absolute Gasteiger partial charge is 0.460 e. The molecular weight excluding hydrogens is 420 g/mol. The van der Waals surface area contributed by atoms with Crippen LogP contribution >= 0.6 is 0 Å². The van der Waals surface area contributed by atoms with Gasteiger partial charge in [0.25, 0.3) is 5.89 Å². The molecule has 0 N–H and O–H groups in total. The van der Waals surface area contributed by atoms with Crippen LogP contribution in [0.25, 0.3) is 23.0 Å². The fourth-order valence-corrected chi connectivity index (χ4v) is 3.82. The molecule has 0 atom stereocenters. The number of hydrogen-bond acceptors (Lipinski definition) is 8. The van der Waals surface area contributed by atoms with Crippen molar-refractivity contribution >= 4 is 5.97 Å². The maximum atomic E-state index is 12.1. The van der Waals surface area contributed by atoms with Crippen LogP contribution in [-0.4, -0.2) is 44.9 Å². The first-order valence-corrected chi connectivity index (χ1v) is 11.4. The highest BCUT2D eigenvalue weighted by Crippen LogP contribution is 2.28. The van der Waals surface area contributed by atoms with Crippen molar-refractivity contribution in [3.8, 4) is 23.0 Å². The lowest BCUT2D eigenvalue weighted by Gasteiger charge is -2.38. The van der Waals surface area contributed by atoms with E-state index < -0.39 is 5.60 Å². The summed E-state index contributed by atoms with van der Waals surface area (Å²) in [5, 5.41) is 8.26. The van der Waals surface area contributed by atoms with E-state index in [-0.39, 0.29) is 11.9 Å². The molecule has 8 nitrogen and oxygen atoms in total. The van der Waals surface area contributed by atoms with Crippen molar-refractivity contribution in [2.75, 3.05) is 13.1 Å². The average Bonchev–Trinajstić information content (AvgIpc) is 3.30. The molecule has 3 heterocycles. The second-order valence-corrected chi connectivity index (χ2v) is 10.2. The van der Waals surface area contributed by atoms with E-state index in [1.807, 2.05) is 52.0 Å². The zero-order valence-electron chi connectivity index (χ0n) is 20.2. The van der Waals surface area contributed by atoms with E-state index in [1.54, 1.807) is 0 Å². The molecule has 0 spiro atoms. The van der Waals surface area contributed by atoms with Crippen molar-refractivity contribution in [1.82, 2.24) is 20.2 Å². The summed E-state index contributed by atoms with van der Waals surface area (Å²) in [5.74, 6) is 2.05. The van der Waals surface area contributed by atoms with E-state index in [0.717, 1.165) is 48.5 Å². The minimum atomic E-state index is -0.439. The van der Waals surface area contributed by atoms with E-state index in [2.05, 4.69) is 34.0 Å². The van der Waals surface area contributed by atoms with Crippen LogP contribution in [0.5, 0.6) is 0 Å². The summed E-state index contributed by atoms with van der Waals surface area (Å²) in [4.78, 5) is 18.9. The van der Waals surface area contributed by atoms with Gasteiger partial charge >= 0.3 is 5.97 Å². The summed E-state index contributed by atoms with van der Waals surface area (Å²) in [7, 11) is 0. The third-order valence-corrected chi connectivity index (χ3v) is 5.56. The maximum Gasteiger partial charge on any atom is 0.312 e. The number of esters is 1. The quantitative estimate of drug-likeness (QED) is 0.477. The van der Waals surface area contributed by atoms with Crippen LogP contribution in [0, 0.1) is 18.8 Å². The van der Waals surface area contributed by atoms with Crippen LogP contribution in [0.15, 0.2) is 33.3 Å². The molecule has 0 amide bonds. The zero-order chi connectivity index (χ0) is 23.8. The number of carbonyl (C=O) groups excluding carboxylic acids is 1. The number of nitrogens with zero attached hydrogens (tertiary/aromatic N) is 4. The fraction of sp³-hybridized carbons (Fsp3) is 0.520. The Morgan fingerprint density at radius 1 is 1.15 bits per heavy atom. The topological polar surface area (TPSA) is 94.5 Å². The molecule has 8 heteroatoms. The Morgan fingerprint density at radius 2 is 1.85 bits per heavy atom. The van der Waals surface area contributed by atoms with E-state index in [9.17, 15) is 4.79 Å². The fourth-order valence-electron chi connectivity index (χ4n) is 3.82. The van der Waals surface area contributed by atoms with Crippen molar-refractivity contribution in [2.45, 2.75) is 60.1 Å². The maximum absolute atomic E-state index is 12.1. The van der Waals surface area contributed by atoms with E-state index in [4.69, 9.17) is 13.8 Å². The molecule has 33 heavy (non-hydrogen) atoms. The molecule has 176 valence electrons. The molecule has 1 aromatic carbocycles. The molecule has 1 fully saturated rings. The first kappa shape index (κ1) is 23.2. The van der Waals surface area contributed by atoms with Crippen LogP contribution < -0.4 is 0 Å². The number of hydrogen-bond donors (Lipinski definition) is 0. The lowest BCUT2D eigenvalue weighted by atomic mass is 9.98. The molecule has 0 radical (unpaired) electrons. The van der Waals surface area contributed by atoms with Crippen LogP contribution in [0.3, 0.4) is 0 Å². The third-order valence-electron chi connectivity index (χ3n) is 5.56. The second-order valence-electron chi connectivity index (χ2n) is 10.2. The third kappa shape index (κ3) is 5.50. The van der Waals surface area contributed by atoms with Crippen molar-refractivity contribution in [3.63, 3.8) is 0 Å². The van der Waals surface area contributed by atoms with E-state index >= 15 is 0 Å². The van der Waals surface area contributed by atoms with Gasteiger partial charge in [-0.15, -0.1) is 0 Å². The van der Waals surface area contributed by atoms with Gasteiger partial charge in [0.15, 0.2) is 5.69 Å². The average molecular weight is 453 g/mol. The molecule has 0 aliphatic carbocycles. The van der Waals surface area contributed by atoms with Gasteiger partial charge in [-0.25, -0.2) is 0 Å². The lowest BCUT2D eigenvalue weighted by molar-refractivity contribution is -0.166. The number of aromatic nitrogens is 3. The smallest absolute Gasteiger partial charge is 0.312 e. The summed E-state index contributed by atoms with van der Waals surface area (Å²) in [6, 6.07) is 8.06. The molecule has 1 saturated heterocycles. The summed E-state index contributed by atoms with van der Waals surface area (Å²) < 4.78 is 16.4. The molecule has 1 aliphatic rings. The van der Waals surface area contributed by atoms with Gasteiger partial charge in [0, 0.05) is 37.2 Å². The second kappa shape index (κ2) is 9.09. The Kier molecular flexibility index (Phi) is 6.38. The molecule has 1 aliphatic heterocycles. The van der Waals surface area contributed by atoms with Crippen LogP contribution in [-0.2, 0) is 22.5 Å². The summed E-state index contributed by atoms with van der Waals surface area (Å²) >= 11 is 0. The highest BCUT2D eigenvalue weighted by atomic mass is 16.6. The lowest BCUT2D eigenvalue weighted by Crippen LogP contribution is -2.51.